The molecule has 2 aromatic carbocycles. The van der Waals surface area contributed by atoms with Crippen LogP contribution in [-0.2, 0) is 19.3 Å². The molecule has 2 heterocycles. The van der Waals surface area contributed by atoms with Crippen LogP contribution < -0.4 is 0 Å². The first-order valence-corrected chi connectivity index (χ1v) is 11.5. The maximum atomic E-state index is 4.92. The van der Waals surface area contributed by atoms with Crippen LogP contribution in [0.15, 0.2) is 60.9 Å². The van der Waals surface area contributed by atoms with Crippen LogP contribution in [0.3, 0.4) is 0 Å². The quantitative estimate of drug-likeness (QED) is 0.353. The van der Waals surface area contributed by atoms with Crippen LogP contribution >= 0.6 is 0 Å². The Morgan fingerprint density at radius 1 is 0.839 bits per heavy atom. The van der Waals surface area contributed by atoms with E-state index in [2.05, 4.69) is 88.6 Å². The van der Waals surface area contributed by atoms with Crippen LogP contribution in [0, 0.1) is 5.92 Å². The van der Waals surface area contributed by atoms with Gasteiger partial charge in [-0.15, -0.1) is 0 Å². The molecule has 5 rings (SSSR count). The molecule has 4 aromatic rings. The molecule has 0 bridgehead atoms. The molecule has 0 saturated heterocycles. The smallest absolute Gasteiger partial charge is 0.0738 e. The highest BCUT2D eigenvalue weighted by Gasteiger charge is 2.20. The summed E-state index contributed by atoms with van der Waals surface area (Å²) in [6, 6.07) is 17.9. The van der Waals surface area contributed by atoms with E-state index >= 15 is 0 Å². The summed E-state index contributed by atoms with van der Waals surface area (Å²) in [5.74, 6) is 1.11. The molecule has 1 aliphatic carbocycles. The SMILES string of the molecule is CC(C)Cc1cnc2c(c1)CCc1cnc(-c3cc(C(C)C)c4ccccc4c3)cc1-2. The second-order valence-electron chi connectivity index (χ2n) is 9.62. The van der Waals surface area contributed by atoms with Gasteiger partial charge in [-0.25, -0.2) is 0 Å². The molecule has 31 heavy (non-hydrogen) atoms. The average molecular weight is 407 g/mol. The van der Waals surface area contributed by atoms with E-state index in [4.69, 9.17) is 9.97 Å². The van der Waals surface area contributed by atoms with Gasteiger partial charge >= 0.3 is 0 Å². The second-order valence-corrected chi connectivity index (χ2v) is 9.62. The molecule has 0 atom stereocenters. The number of hydrogen-bond acceptors (Lipinski definition) is 2. The lowest BCUT2D eigenvalue weighted by Crippen LogP contribution is -2.08. The summed E-state index contributed by atoms with van der Waals surface area (Å²) >= 11 is 0. The van der Waals surface area contributed by atoms with Crippen LogP contribution in [0.5, 0.6) is 0 Å². The summed E-state index contributed by atoms with van der Waals surface area (Å²) < 4.78 is 0. The molecule has 0 radical (unpaired) electrons. The number of aromatic nitrogens is 2. The molecule has 0 spiro atoms. The van der Waals surface area contributed by atoms with E-state index in [1.54, 1.807) is 0 Å². The van der Waals surface area contributed by atoms with Crippen LogP contribution in [0.4, 0.5) is 0 Å². The molecular weight excluding hydrogens is 376 g/mol. The first kappa shape index (κ1) is 19.9. The second kappa shape index (κ2) is 7.92. The summed E-state index contributed by atoms with van der Waals surface area (Å²) in [5.41, 5.74) is 10.0. The van der Waals surface area contributed by atoms with Crippen LogP contribution in [0.2, 0.25) is 0 Å². The summed E-state index contributed by atoms with van der Waals surface area (Å²) in [6.07, 6.45) is 7.32. The fourth-order valence-corrected chi connectivity index (χ4v) is 4.87. The normalized spacial score (nSPS) is 13.0. The van der Waals surface area contributed by atoms with Crippen molar-refractivity contribution in [3.63, 3.8) is 0 Å². The van der Waals surface area contributed by atoms with Gasteiger partial charge in [-0.3, -0.25) is 9.97 Å². The van der Waals surface area contributed by atoms with Gasteiger partial charge in [-0.2, -0.15) is 0 Å². The molecule has 0 fully saturated rings. The van der Waals surface area contributed by atoms with Gasteiger partial charge in [-0.1, -0.05) is 58.0 Å². The monoisotopic (exact) mass is 406 g/mol. The topological polar surface area (TPSA) is 25.8 Å². The van der Waals surface area contributed by atoms with Gasteiger partial charge in [0, 0.05) is 23.5 Å². The van der Waals surface area contributed by atoms with Crippen molar-refractivity contribution in [3.8, 4) is 22.5 Å². The van der Waals surface area contributed by atoms with Gasteiger partial charge < -0.3 is 0 Å². The molecule has 2 heteroatoms. The van der Waals surface area contributed by atoms with E-state index in [0.29, 0.717) is 11.8 Å². The van der Waals surface area contributed by atoms with Crippen molar-refractivity contribution in [1.29, 1.82) is 0 Å². The van der Waals surface area contributed by atoms with Crippen molar-refractivity contribution in [2.24, 2.45) is 5.92 Å². The minimum atomic E-state index is 0.462. The molecule has 0 N–H and O–H groups in total. The molecular formula is C29H30N2. The number of nitrogens with zero attached hydrogens (tertiary/aromatic N) is 2. The van der Waals surface area contributed by atoms with Crippen molar-refractivity contribution in [1.82, 2.24) is 9.97 Å². The van der Waals surface area contributed by atoms with Gasteiger partial charge in [0.05, 0.1) is 11.4 Å². The van der Waals surface area contributed by atoms with Gasteiger partial charge in [0.2, 0.25) is 0 Å². The zero-order chi connectivity index (χ0) is 21.5. The Kier molecular flexibility index (Phi) is 5.09. The molecule has 0 aliphatic heterocycles. The molecule has 0 amide bonds. The van der Waals surface area contributed by atoms with Crippen molar-refractivity contribution in [2.75, 3.05) is 0 Å². The van der Waals surface area contributed by atoms with Gasteiger partial charge in [-0.05, 0) is 82.3 Å². The Bertz CT molecular complexity index is 1270. The van der Waals surface area contributed by atoms with E-state index in [1.807, 2.05) is 0 Å². The highest BCUT2D eigenvalue weighted by molar-refractivity contribution is 5.91. The number of rotatable bonds is 4. The Labute approximate surface area is 185 Å². The maximum Gasteiger partial charge on any atom is 0.0738 e. The van der Waals surface area contributed by atoms with Gasteiger partial charge in [0.25, 0.3) is 0 Å². The number of aryl methyl sites for hydroxylation is 2. The van der Waals surface area contributed by atoms with E-state index in [-0.39, 0.29) is 0 Å². The molecule has 156 valence electrons. The van der Waals surface area contributed by atoms with E-state index < -0.39 is 0 Å². The fourth-order valence-electron chi connectivity index (χ4n) is 4.87. The molecule has 0 unspecified atom stereocenters. The van der Waals surface area contributed by atoms with Crippen molar-refractivity contribution >= 4 is 10.8 Å². The minimum absolute atomic E-state index is 0.462. The Balaban J connectivity index is 1.61. The zero-order valence-corrected chi connectivity index (χ0v) is 18.9. The predicted octanol–water partition coefficient (Wildman–Crippen LogP) is 7.38. The van der Waals surface area contributed by atoms with Gasteiger partial charge in [0.1, 0.15) is 0 Å². The van der Waals surface area contributed by atoms with Crippen LogP contribution in [-0.4, -0.2) is 9.97 Å². The fraction of sp³-hybridized carbons (Fsp3) is 0.310. The third-order valence-electron chi connectivity index (χ3n) is 6.38. The molecule has 1 aliphatic rings. The van der Waals surface area contributed by atoms with Crippen molar-refractivity contribution in [3.05, 3.63) is 83.2 Å². The maximum absolute atomic E-state index is 4.92. The van der Waals surface area contributed by atoms with E-state index in [1.165, 1.54) is 44.2 Å². The highest BCUT2D eigenvalue weighted by Crippen LogP contribution is 2.36. The number of benzene rings is 2. The first-order chi connectivity index (χ1) is 15.0. The lowest BCUT2D eigenvalue weighted by molar-refractivity contribution is 0.644. The standard InChI is InChI=1S/C29H30N2/c1-18(2)11-20-12-22-9-10-23-17-30-28(15-27(23)29(22)31-16-20)24-13-21-7-5-6-8-25(21)26(14-24)19(3)4/h5-8,12-19H,9-11H2,1-4H3. The van der Waals surface area contributed by atoms with Crippen molar-refractivity contribution < 1.29 is 0 Å². The molecule has 2 nitrogen and oxygen atoms in total. The lowest BCUT2D eigenvalue weighted by atomic mass is 9.87. The number of fused-ring (bicyclic) bond motifs is 4. The van der Waals surface area contributed by atoms with Crippen LogP contribution in [0.1, 0.15) is 55.9 Å². The Morgan fingerprint density at radius 3 is 2.45 bits per heavy atom. The number of hydrogen-bond donors (Lipinski definition) is 0. The van der Waals surface area contributed by atoms with Crippen molar-refractivity contribution in [2.45, 2.75) is 52.9 Å². The van der Waals surface area contributed by atoms with E-state index in [0.717, 1.165) is 30.7 Å². The summed E-state index contributed by atoms with van der Waals surface area (Å²) in [7, 11) is 0. The predicted molar refractivity (Wildman–Crippen MR) is 130 cm³/mol. The third-order valence-corrected chi connectivity index (χ3v) is 6.38. The Hall–Kier alpha value is -3.00. The first-order valence-electron chi connectivity index (χ1n) is 11.5. The Morgan fingerprint density at radius 2 is 1.65 bits per heavy atom. The number of pyridine rings is 2. The largest absolute Gasteiger partial charge is 0.256 e. The zero-order valence-electron chi connectivity index (χ0n) is 18.9. The highest BCUT2D eigenvalue weighted by atomic mass is 14.7. The lowest BCUT2D eigenvalue weighted by Gasteiger charge is -2.21. The van der Waals surface area contributed by atoms with E-state index in [9.17, 15) is 0 Å². The minimum Gasteiger partial charge on any atom is -0.256 e. The van der Waals surface area contributed by atoms with Crippen LogP contribution in [0.25, 0.3) is 33.3 Å². The van der Waals surface area contributed by atoms with Gasteiger partial charge in [0.15, 0.2) is 0 Å². The molecule has 0 saturated carbocycles. The molecule has 2 aromatic heterocycles. The summed E-state index contributed by atoms with van der Waals surface area (Å²) in [5, 5.41) is 2.61. The summed E-state index contributed by atoms with van der Waals surface area (Å²) in [6.45, 7) is 9.06. The average Bonchev–Trinajstić information content (AvgIpc) is 2.77. The summed E-state index contributed by atoms with van der Waals surface area (Å²) in [4.78, 5) is 9.79. The third kappa shape index (κ3) is 3.76.